The number of nitrogens with one attached hydrogen (secondary N) is 2. The Hall–Kier alpha value is -2.63. The molecule has 0 aromatic heterocycles. The number of amides is 1. The topological polar surface area (TPSA) is 113 Å². The van der Waals surface area contributed by atoms with Gasteiger partial charge >= 0.3 is 0 Å². The molecule has 1 aliphatic rings. The van der Waals surface area contributed by atoms with Crippen LogP contribution in [0.4, 0.5) is 11.4 Å². The molecule has 1 atom stereocenters. The summed E-state index contributed by atoms with van der Waals surface area (Å²) in [6, 6.07) is 16.7. The predicted molar refractivity (Wildman–Crippen MR) is 142 cm³/mol. The number of benzene rings is 3. The van der Waals surface area contributed by atoms with Gasteiger partial charge in [-0.1, -0.05) is 41.4 Å². The molecule has 0 saturated carbocycles. The lowest BCUT2D eigenvalue weighted by Crippen LogP contribution is -2.31. The maximum Gasteiger partial charge on any atom is 0.264 e. The van der Waals surface area contributed by atoms with Crippen molar-refractivity contribution in [3.8, 4) is 0 Å². The summed E-state index contributed by atoms with van der Waals surface area (Å²) in [6.07, 6.45) is 1.37. The molecule has 12 heteroatoms. The molecule has 3 aromatic rings. The number of rotatable bonds is 8. The fourth-order valence-corrected chi connectivity index (χ4v) is 6.47. The lowest BCUT2D eigenvalue weighted by molar-refractivity contribution is -0.116. The summed E-state index contributed by atoms with van der Waals surface area (Å²) in [4.78, 5) is 13.0. The van der Waals surface area contributed by atoms with E-state index < -0.39 is 32.0 Å². The van der Waals surface area contributed by atoms with Crippen LogP contribution in [0.1, 0.15) is 23.6 Å². The average molecular weight is 569 g/mol. The first-order chi connectivity index (χ1) is 16.9. The highest BCUT2D eigenvalue weighted by molar-refractivity contribution is 7.92. The van der Waals surface area contributed by atoms with Gasteiger partial charge in [-0.25, -0.2) is 21.6 Å². The van der Waals surface area contributed by atoms with Crippen molar-refractivity contribution >= 4 is 60.5 Å². The second-order valence-corrected chi connectivity index (χ2v) is 12.9. The third-order valence-corrected chi connectivity index (χ3v) is 8.69. The van der Waals surface area contributed by atoms with E-state index in [9.17, 15) is 21.6 Å². The molecular formula is C24H23Cl2N3O5S2. The lowest BCUT2D eigenvalue weighted by atomic mass is 10.0. The number of nitrogens with zero attached hydrogens (tertiary/aromatic N) is 1. The van der Waals surface area contributed by atoms with Crippen LogP contribution < -0.4 is 14.3 Å². The summed E-state index contributed by atoms with van der Waals surface area (Å²) in [6.45, 7) is 0.272. The summed E-state index contributed by atoms with van der Waals surface area (Å²) in [5.74, 6) is -0.448. The fraction of sp³-hybridized carbons (Fsp3) is 0.208. The predicted octanol–water partition coefficient (Wildman–Crippen LogP) is 4.36. The minimum atomic E-state index is -3.82. The Morgan fingerprint density at radius 1 is 0.944 bits per heavy atom. The van der Waals surface area contributed by atoms with Crippen LogP contribution in [0.25, 0.3) is 0 Å². The van der Waals surface area contributed by atoms with Gasteiger partial charge in [0.2, 0.25) is 15.9 Å². The number of hydrogen-bond donors (Lipinski definition) is 2. The van der Waals surface area contributed by atoms with Crippen LogP contribution in [-0.2, 0) is 31.3 Å². The van der Waals surface area contributed by atoms with E-state index in [0.717, 1.165) is 11.8 Å². The SMILES string of the molecule is CS(=O)(=O)N[C@H](CC(=O)Nc1ccc2c(c1)N(S(=O)(=O)c1ccc(Cl)cc1)CC2)c1ccc(Cl)cc1. The third kappa shape index (κ3) is 6.19. The van der Waals surface area contributed by atoms with E-state index in [1.807, 2.05) is 0 Å². The maximum absolute atomic E-state index is 13.2. The number of carbonyl (C=O) groups is 1. The molecule has 4 rings (SSSR count). The monoisotopic (exact) mass is 567 g/mol. The molecule has 1 aliphatic heterocycles. The van der Waals surface area contributed by atoms with Crippen LogP contribution in [0.3, 0.4) is 0 Å². The van der Waals surface area contributed by atoms with Crippen LogP contribution in [-0.4, -0.2) is 35.5 Å². The summed E-state index contributed by atoms with van der Waals surface area (Å²) in [5.41, 5.74) is 2.29. The summed E-state index contributed by atoms with van der Waals surface area (Å²) < 4.78 is 54.0. The van der Waals surface area contributed by atoms with Gasteiger partial charge in [0.05, 0.1) is 22.9 Å². The van der Waals surface area contributed by atoms with E-state index in [0.29, 0.717) is 33.4 Å². The molecule has 0 bridgehead atoms. The standard InChI is InChI=1S/C24H23Cl2N3O5S2/c1-35(31,32)28-22(16-2-5-18(25)6-3-16)15-24(30)27-20-9-4-17-12-13-29(23(17)14-20)36(33,34)21-10-7-19(26)8-11-21/h2-11,14,22,28H,12-13,15H2,1H3,(H,27,30)/t22-/m1/s1. The van der Waals surface area contributed by atoms with Gasteiger partial charge in [0.25, 0.3) is 10.0 Å². The highest BCUT2D eigenvalue weighted by atomic mass is 35.5. The van der Waals surface area contributed by atoms with E-state index in [-0.39, 0.29) is 17.9 Å². The van der Waals surface area contributed by atoms with Gasteiger partial charge in [0, 0.05) is 28.7 Å². The van der Waals surface area contributed by atoms with Gasteiger partial charge in [-0.05, 0) is 66.1 Å². The first-order valence-electron chi connectivity index (χ1n) is 10.9. The highest BCUT2D eigenvalue weighted by Crippen LogP contribution is 2.35. The zero-order valence-corrected chi connectivity index (χ0v) is 22.3. The van der Waals surface area contributed by atoms with Crippen molar-refractivity contribution < 1.29 is 21.6 Å². The van der Waals surface area contributed by atoms with Gasteiger partial charge in [0.15, 0.2) is 0 Å². The Labute approximate surface area is 220 Å². The fourth-order valence-electron chi connectivity index (χ4n) is 3.99. The molecule has 2 N–H and O–H groups in total. The first-order valence-corrected chi connectivity index (χ1v) is 14.9. The summed E-state index contributed by atoms with van der Waals surface area (Å²) in [7, 11) is -7.42. The van der Waals surface area contributed by atoms with Crippen LogP contribution >= 0.6 is 23.2 Å². The summed E-state index contributed by atoms with van der Waals surface area (Å²) in [5, 5.41) is 3.67. The molecule has 0 radical (unpaired) electrons. The molecule has 0 spiro atoms. The average Bonchev–Trinajstić information content (AvgIpc) is 3.22. The Morgan fingerprint density at radius 2 is 1.56 bits per heavy atom. The zero-order valence-electron chi connectivity index (χ0n) is 19.1. The van der Waals surface area contributed by atoms with Crippen LogP contribution in [0.15, 0.2) is 71.6 Å². The molecule has 1 amide bonds. The van der Waals surface area contributed by atoms with Gasteiger partial charge < -0.3 is 5.32 Å². The van der Waals surface area contributed by atoms with E-state index in [1.54, 1.807) is 42.5 Å². The first kappa shape index (κ1) is 26.4. The minimum Gasteiger partial charge on any atom is -0.326 e. The Bertz CT molecular complexity index is 1490. The molecule has 1 heterocycles. The van der Waals surface area contributed by atoms with Gasteiger partial charge in [0.1, 0.15) is 0 Å². The Balaban J connectivity index is 1.54. The Kier molecular flexibility index (Phi) is 7.63. The van der Waals surface area contributed by atoms with E-state index in [2.05, 4.69) is 10.0 Å². The highest BCUT2D eigenvalue weighted by Gasteiger charge is 2.31. The number of halogens is 2. The second kappa shape index (κ2) is 10.4. The molecule has 0 saturated heterocycles. The van der Waals surface area contributed by atoms with Crippen molar-refractivity contribution in [2.45, 2.75) is 23.8 Å². The number of anilines is 2. The van der Waals surface area contributed by atoms with E-state index >= 15 is 0 Å². The van der Waals surface area contributed by atoms with Crippen LogP contribution in [0, 0.1) is 0 Å². The molecule has 8 nitrogen and oxygen atoms in total. The zero-order chi connectivity index (χ0) is 26.1. The lowest BCUT2D eigenvalue weighted by Gasteiger charge is -2.21. The summed E-state index contributed by atoms with van der Waals surface area (Å²) >= 11 is 11.8. The molecule has 3 aromatic carbocycles. The smallest absolute Gasteiger partial charge is 0.264 e. The number of fused-ring (bicyclic) bond motifs is 1. The van der Waals surface area contributed by atoms with Crippen molar-refractivity contribution in [3.63, 3.8) is 0 Å². The molecule has 36 heavy (non-hydrogen) atoms. The Morgan fingerprint density at radius 3 is 2.17 bits per heavy atom. The van der Waals surface area contributed by atoms with Crippen molar-refractivity contribution in [3.05, 3.63) is 87.9 Å². The molecule has 190 valence electrons. The van der Waals surface area contributed by atoms with Crippen molar-refractivity contribution in [2.75, 3.05) is 22.4 Å². The van der Waals surface area contributed by atoms with E-state index in [1.165, 1.54) is 28.6 Å². The van der Waals surface area contributed by atoms with Crippen molar-refractivity contribution in [2.24, 2.45) is 0 Å². The van der Waals surface area contributed by atoms with Crippen LogP contribution in [0.2, 0.25) is 10.0 Å². The number of carbonyl (C=O) groups excluding carboxylic acids is 1. The number of sulfonamides is 2. The normalized spacial score (nSPS) is 14.4. The largest absolute Gasteiger partial charge is 0.326 e. The molecule has 0 unspecified atom stereocenters. The van der Waals surface area contributed by atoms with Crippen LogP contribution in [0.5, 0.6) is 0 Å². The van der Waals surface area contributed by atoms with Gasteiger partial charge in [-0.2, -0.15) is 0 Å². The number of hydrogen-bond acceptors (Lipinski definition) is 5. The minimum absolute atomic E-state index is 0.117. The second-order valence-electron chi connectivity index (χ2n) is 8.37. The molecular weight excluding hydrogens is 545 g/mol. The van der Waals surface area contributed by atoms with E-state index in [4.69, 9.17) is 23.2 Å². The quantitative estimate of drug-likeness (QED) is 0.419. The molecule has 0 aliphatic carbocycles. The van der Waals surface area contributed by atoms with Crippen molar-refractivity contribution in [1.82, 2.24) is 4.72 Å². The third-order valence-electron chi connectivity index (χ3n) is 5.64. The van der Waals surface area contributed by atoms with Gasteiger partial charge in [-0.15, -0.1) is 0 Å². The molecule has 0 fully saturated rings. The maximum atomic E-state index is 13.2. The van der Waals surface area contributed by atoms with Crippen molar-refractivity contribution in [1.29, 1.82) is 0 Å². The van der Waals surface area contributed by atoms with Gasteiger partial charge in [-0.3, -0.25) is 9.10 Å².